The summed E-state index contributed by atoms with van der Waals surface area (Å²) in [5.41, 5.74) is 0.436. The molecule has 1 atom stereocenters. The van der Waals surface area contributed by atoms with Gasteiger partial charge in [-0.2, -0.15) is 4.31 Å². The van der Waals surface area contributed by atoms with E-state index in [1.165, 1.54) is 4.31 Å². The van der Waals surface area contributed by atoms with Crippen LogP contribution in [0.15, 0.2) is 29.2 Å². The summed E-state index contributed by atoms with van der Waals surface area (Å²) >= 11 is 0. The third kappa shape index (κ3) is 5.44. The molecule has 1 aromatic carbocycles. The maximum absolute atomic E-state index is 13.0. The van der Waals surface area contributed by atoms with Gasteiger partial charge < -0.3 is 10.1 Å². The number of aryl methyl sites for hydroxylation is 1. The number of ether oxygens (including phenoxy) is 1. The van der Waals surface area contributed by atoms with Crippen molar-refractivity contribution < 1.29 is 17.9 Å². The highest BCUT2D eigenvalue weighted by molar-refractivity contribution is 7.89. The lowest BCUT2D eigenvalue weighted by molar-refractivity contribution is 0.0512. The molecule has 140 valence electrons. The summed E-state index contributed by atoms with van der Waals surface area (Å²) in [7, 11) is -3.57. The topological polar surface area (TPSA) is 75.7 Å². The number of sulfonamides is 1. The molecule has 1 unspecified atom stereocenters. The number of nitrogens with one attached hydrogen (secondary N) is 1. The maximum atomic E-state index is 13.0. The van der Waals surface area contributed by atoms with Crippen LogP contribution in [0.4, 0.5) is 4.79 Å². The Labute approximate surface area is 150 Å². The number of nitrogens with zero attached hydrogens (tertiary/aromatic N) is 1. The average molecular weight is 368 g/mol. The molecule has 1 aliphatic heterocycles. The predicted octanol–water partition coefficient (Wildman–Crippen LogP) is 3.06. The Kier molecular flexibility index (Phi) is 6.11. The van der Waals surface area contributed by atoms with Crippen molar-refractivity contribution in [1.82, 2.24) is 9.62 Å². The summed E-state index contributed by atoms with van der Waals surface area (Å²) in [6, 6.07) is 6.61. The summed E-state index contributed by atoms with van der Waals surface area (Å²) in [6.45, 7) is 8.02. The van der Waals surface area contributed by atoms with Crippen molar-refractivity contribution in [2.45, 2.75) is 63.5 Å². The van der Waals surface area contributed by atoms with Crippen LogP contribution in [-0.4, -0.2) is 43.5 Å². The van der Waals surface area contributed by atoms with Crippen molar-refractivity contribution in [3.63, 3.8) is 0 Å². The van der Waals surface area contributed by atoms with Crippen molar-refractivity contribution in [2.24, 2.45) is 0 Å². The lowest BCUT2D eigenvalue weighted by Gasteiger charge is -2.35. The number of benzene rings is 1. The van der Waals surface area contributed by atoms with Gasteiger partial charge in [-0.05, 0) is 52.7 Å². The number of alkyl carbamates (subject to hydrolysis) is 1. The SMILES string of the molecule is Cc1ccc(S(=O)(=O)N2CCCCC2CNC(=O)OC(C)(C)C)cc1. The predicted molar refractivity (Wildman–Crippen MR) is 96.9 cm³/mol. The van der Waals surface area contributed by atoms with E-state index in [1.807, 2.05) is 6.92 Å². The second-order valence-electron chi connectivity index (χ2n) is 7.46. The molecule has 0 aromatic heterocycles. The Hall–Kier alpha value is -1.60. The van der Waals surface area contributed by atoms with Crippen LogP contribution in [0.2, 0.25) is 0 Å². The zero-order valence-electron chi connectivity index (χ0n) is 15.4. The molecule has 1 fully saturated rings. The molecule has 25 heavy (non-hydrogen) atoms. The van der Waals surface area contributed by atoms with Gasteiger partial charge >= 0.3 is 6.09 Å². The van der Waals surface area contributed by atoms with Crippen LogP contribution in [0.3, 0.4) is 0 Å². The van der Waals surface area contributed by atoms with Crippen LogP contribution in [0, 0.1) is 6.92 Å². The third-order valence-electron chi connectivity index (χ3n) is 4.08. The fourth-order valence-electron chi connectivity index (χ4n) is 2.86. The number of amides is 1. The standard InChI is InChI=1S/C18H28N2O4S/c1-14-8-10-16(11-9-14)25(22,23)20-12-6-5-7-15(20)13-19-17(21)24-18(2,3)4/h8-11,15H,5-7,12-13H2,1-4H3,(H,19,21). The average Bonchev–Trinajstić information content (AvgIpc) is 2.52. The second kappa shape index (κ2) is 7.74. The molecule has 1 amide bonds. The highest BCUT2D eigenvalue weighted by atomic mass is 32.2. The van der Waals surface area contributed by atoms with Crippen LogP contribution >= 0.6 is 0 Å². The first kappa shape index (κ1) is 19.7. The molecule has 0 spiro atoms. The number of hydrogen-bond donors (Lipinski definition) is 1. The highest BCUT2D eigenvalue weighted by Crippen LogP contribution is 2.25. The largest absolute Gasteiger partial charge is 0.444 e. The molecule has 1 aromatic rings. The molecule has 7 heteroatoms. The Bertz CT molecular complexity index is 693. The van der Waals surface area contributed by atoms with E-state index in [0.717, 1.165) is 24.8 Å². The second-order valence-corrected chi connectivity index (χ2v) is 9.35. The monoisotopic (exact) mass is 368 g/mol. The smallest absolute Gasteiger partial charge is 0.407 e. The zero-order valence-corrected chi connectivity index (χ0v) is 16.2. The van der Waals surface area contributed by atoms with E-state index in [2.05, 4.69) is 5.32 Å². The van der Waals surface area contributed by atoms with Gasteiger partial charge in [0.1, 0.15) is 5.60 Å². The number of piperidine rings is 1. The summed E-state index contributed by atoms with van der Waals surface area (Å²) in [6.07, 6.45) is 1.97. The van der Waals surface area contributed by atoms with Gasteiger partial charge in [0.05, 0.1) is 4.90 Å². The van der Waals surface area contributed by atoms with Crippen molar-refractivity contribution in [1.29, 1.82) is 0 Å². The Morgan fingerprint density at radius 3 is 2.48 bits per heavy atom. The van der Waals surface area contributed by atoms with Gasteiger partial charge in [-0.15, -0.1) is 0 Å². The molecular weight excluding hydrogens is 340 g/mol. The number of carbonyl (C=O) groups is 1. The van der Waals surface area contributed by atoms with Crippen LogP contribution in [-0.2, 0) is 14.8 Å². The van der Waals surface area contributed by atoms with Gasteiger partial charge in [0.2, 0.25) is 10.0 Å². The summed E-state index contributed by atoms with van der Waals surface area (Å²) < 4.78 is 32.7. The van der Waals surface area contributed by atoms with Crippen molar-refractivity contribution in [2.75, 3.05) is 13.1 Å². The first-order valence-corrected chi connectivity index (χ1v) is 10.1. The molecule has 2 rings (SSSR count). The molecule has 0 radical (unpaired) electrons. The molecule has 0 bridgehead atoms. The molecule has 0 saturated carbocycles. The van der Waals surface area contributed by atoms with E-state index in [1.54, 1.807) is 45.0 Å². The third-order valence-corrected chi connectivity index (χ3v) is 6.05. The molecule has 1 N–H and O–H groups in total. The lowest BCUT2D eigenvalue weighted by atomic mass is 10.1. The normalized spacial score (nSPS) is 19.4. The van der Waals surface area contributed by atoms with Crippen molar-refractivity contribution >= 4 is 16.1 Å². The van der Waals surface area contributed by atoms with E-state index < -0.39 is 21.7 Å². The minimum absolute atomic E-state index is 0.250. The molecule has 1 heterocycles. The van der Waals surface area contributed by atoms with E-state index in [4.69, 9.17) is 4.74 Å². The quantitative estimate of drug-likeness (QED) is 0.886. The highest BCUT2D eigenvalue weighted by Gasteiger charge is 2.33. The number of rotatable bonds is 4. The Balaban J connectivity index is 2.09. The summed E-state index contributed by atoms with van der Waals surface area (Å²) in [5.74, 6) is 0. The summed E-state index contributed by atoms with van der Waals surface area (Å²) in [5, 5.41) is 2.70. The fourth-order valence-corrected chi connectivity index (χ4v) is 4.55. The van der Waals surface area contributed by atoms with E-state index in [9.17, 15) is 13.2 Å². The van der Waals surface area contributed by atoms with Crippen molar-refractivity contribution in [3.05, 3.63) is 29.8 Å². The fraction of sp³-hybridized carbons (Fsp3) is 0.611. The first-order chi connectivity index (χ1) is 11.6. The van der Waals surface area contributed by atoms with E-state index in [0.29, 0.717) is 11.4 Å². The summed E-state index contributed by atoms with van der Waals surface area (Å²) in [4.78, 5) is 12.2. The van der Waals surface area contributed by atoms with E-state index >= 15 is 0 Å². The van der Waals surface area contributed by atoms with Gasteiger partial charge in [-0.1, -0.05) is 24.1 Å². The van der Waals surface area contributed by atoms with Gasteiger partial charge in [0.25, 0.3) is 0 Å². The molecule has 1 aliphatic rings. The van der Waals surface area contributed by atoms with Gasteiger partial charge in [0, 0.05) is 19.1 Å². The molecular formula is C18H28N2O4S. The zero-order chi connectivity index (χ0) is 18.7. The molecule has 6 nitrogen and oxygen atoms in total. The van der Waals surface area contributed by atoms with E-state index in [-0.39, 0.29) is 12.6 Å². The molecule has 0 aliphatic carbocycles. The number of hydrogen-bond acceptors (Lipinski definition) is 4. The van der Waals surface area contributed by atoms with Crippen LogP contribution < -0.4 is 5.32 Å². The molecule has 1 saturated heterocycles. The minimum Gasteiger partial charge on any atom is -0.444 e. The Morgan fingerprint density at radius 2 is 1.88 bits per heavy atom. The van der Waals surface area contributed by atoms with Gasteiger partial charge in [0.15, 0.2) is 0 Å². The first-order valence-electron chi connectivity index (χ1n) is 8.65. The minimum atomic E-state index is -3.57. The lowest BCUT2D eigenvalue weighted by Crippen LogP contribution is -2.49. The van der Waals surface area contributed by atoms with Gasteiger partial charge in [-0.25, -0.2) is 13.2 Å². The van der Waals surface area contributed by atoms with Gasteiger partial charge in [-0.3, -0.25) is 0 Å². The Morgan fingerprint density at radius 1 is 1.24 bits per heavy atom. The number of carbonyl (C=O) groups excluding carboxylic acids is 1. The van der Waals surface area contributed by atoms with Crippen LogP contribution in [0.1, 0.15) is 45.6 Å². The van der Waals surface area contributed by atoms with Crippen LogP contribution in [0.25, 0.3) is 0 Å². The van der Waals surface area contributed by atoms with Crippen LogP contribution in [0.5, 0.6) is 0 Å². The maximum Gasteiger partial charge on any atom is 0.407 e. The van der Waals surface area contributed by atoms with Crippen molar-refractivity contribution in [3.8, 4) is 0 Å².